The van der Waals surface area contributed by atoms with Gasteiger partial charge in [-0.3, -0.25) is 9.80 Å². The van der Waals surface area contributed by atoms with Crippen molar-refractivity contribution in [1.82, 2.24) is 15.1 Å². The van der Waals surface area contributed by atoms with Crippen molar-refractivity contribution in [3.05, 3.63) is 35.9 Å². The van der Waals surface area contributed by atoms with Crippen molar-refractivity contribution < 1.29 is 0 Å². The maximum atomic E-state index is 3.63. The molecule has 1 aromatic rings. The standard InChI is InChI=1S/C18H29N3/c1-15(2)19-14-18(16-6-4-3-5-7-16)21-12-10-20(11-13-21)17-8-9-17/h3-7,15,17-19H,8-14H2,1-2H3. The molecule has 1 saturated heterocycles. The highest BCUT2D eigenvalue weighted by Crippen LogP contribution is 2.29. The van der Waals surface area contributed by atoms with Crippen LogP contribution in [-0.4, -0.2) is 54.6 Å². The summed E-state index contributed by atoms with van der Waals surface area (Å²) in [5, 5.41) is 3.63. The van der Waals surface area contributed by atoms with Crippen molar-refractivity contribution >= 4 is 0 Å². The second-order valence-corrected chi connectivity index (χ2v) is 6.79. The third-order valence-electron chi connectivity index (χ3n) is 4.76. The van der Waals surface area contributed by atoms with E-state index < -0.39 is 0 Å². The number of hydrogen-bond donors (Lipinski definition) is 1. The molecule has 1 aliphatic heterocycles. The van der Waals surface area contributed by atoms with Crippen molar-refractivity contribution in [2.45, 2.75) is 44.8 Å². The Morgan fingerprint density at radius 3 is 2.29 bits per heavy atom. The summed E-state index contributed by atoms with van der Waals surface area (Å²) >= 11 is 0. The molecule has 1 aromatic carbocycles. The van der Waals surface area contributed by atoms with Crippen LogP contribution in [0.2, 0.25) is 0 Å². The number of nitrogens with zero attached hydrogens (tertiary/aromatic N) is 2. The summed E-state index contributed by atoms with van der Waals surface area (Å²) in [4.78, 5) is 5.36. The van der Waals surface area contributed by atoms with E-state index in [4.69, 9.17) is 0 Å². The molecule has 1 atom stereocenters. The van der Waals surface area contributed by atoms with E-state index in [-0.39, 0.29) is 0 Å². The van der Waals surface area contributed by atoms with Gasteiger partial charge < -0.3 is 5.32 Å². The Morgan fingerprint density at radius 2 is 1.71 bits per heavy atom. The predicted octanol–water partition coefficient (Wildman–Crippen LogP) is 2.51. The first-order chi connectivity index (χ1) is 10.2. The Kier molecular flexibility index (Phi) is 4.94. The third kappa shape index (κ3) is 4.06. The van der Waals surface area contributed by atoms with Crippen molar-refractivity contribution in [1.29, 1.82) is 0 Å². The first kappa shape index (κ1) is 15.0. The molecule has 2 aliphatic rings. The summed E-state index contributed by atoms with van der Waals surface area (Å²) in [5.41, 5.74) is 1.45. The molecule has 1 saturated carbocycles. The largest absolute Gasteiger partial charge is 0.313 e. The predicted molar refractivity (Wildman–Crippen MR) is 88.5 cm³/mol. The van der Waals surface area contributed by atoms with Crippen LogP contribution in [0.25, 0.3) is 0 Å². The number of hydrogen-bond acceptors (Lipinski definition) is 3. The van der Waals surface area contributed by atoms with E-state index in [1.54, 1.807) is 0 Å². The van der Waals surface area contributed by atoms with Crippen LogP contribution in [0, 0.1) is 0 Å². The zero-order chi connectivity index (χ0) is 14.7. The molecule has 3 rings (SSSR count). The van der Waals surface area contributed by atoms with Gasteiger partial charge in [0.2, 0.25) is 0 Å². The SMILES string of the molecule is CC(C)NCC(c1ccccc1)N1CCN(C2CC2)CC1. The fraction of sp³-hybridized carbons (Fsp3) is 0.667. The zero-order valence-electron chi connectivity index (χ0n) is 13.5. The van der Waals surface area contributed by atoms with Crippen LogP contribution in [0.5, 0.6) is 0 Å². The maximum absolute atomic E-state index is 3.63. The van der Waals surface area contributed by atoms with Gasteiger partial charge in [-0.1, -0.05) is 44.2 Å². The third-order valence-corrected chi connectivity index (χ3v) is 4.76. The molecule has 0 spiro atoms. The molecule has 116 valence electrons. The molecule has 1 heterocycles. The lowest BCUT2D eigenvalue weighted by molar-refractivity contribution is 0.0896. The Balaban J connectivity index is 1.63. The van der Waals surface area contributed by atoms with Gasteiger partial charge in [0.25, 0.3) is 0 Å². The van der Waals surface area contributed by atoms with Gasteiger partial charge >= 0.3 is 0 Å². The van der Waals surface area contributed by atoms with E-state index >= 15 is 0 Å². The topological polar surface area (TPSA) is 18.5 Å². The average molecular weight is 287 g/mol. The Bertz CT molecular complexity index is 419. The quantitative estimate of drug-likeness (QED) is 0.867. The lowest BCUT2D eigenvalue weighted by Crippen LogP contribution is -2.50. The molecule has 0 amide bonds. The Hall–Kier alpha value is -0.900. The van der Waals surface area contributed by atoms with Gasteiger partial charge in [-0.05, 0) is 18.4 Å². The summed E-state index contributed by atoms with van der Waals surface area (Å²) in [7, 11) is 0. The molecule has 0 radical (unpaired) electrons. The molecule has 0 bridgehead atoms. The number of benzene rings is 1. The highest BCUT2D eigenvalue weighted by molar-refractivity contribution is 5.19. The minimum atomic E-state index is 0.509. The van der Waals surface area contributed by atoms with Crippen LogP contribution in [0.3, 0.4) is 0 Å². The highest BCUT2D eigenvalue weighted by atomic mass is 15.3. The minimum absolute atomic E-state index is 0.509. The van der Waals surface area contributed by atoms with Gasteiger partial charge in [-0.25, -0.2) is 0 Å². The molecule has 1 aliphatic carbocycles. The molecule has 21 heavy (non-hydrogen) atoms. The summed E-state index contributed by atoms with van der Waals surface area (Å²) in [6.07, 6.45) is 2.86. The average Bonchev–Trinajstić information content (AvgIpc) is 3.34. The van der Waals surface area contributed by atoms with Crippen molar-refractivity contribution in [2.24, 2.45) is 0 Å². The van der Waals surface area contributed by atoms with E-state index in [1.165, 1.54) is 44.6 Å². The van der Waals surface area contributed by atoms with E-state index in [0.717, 1.165) is 12.6 Å². The Morgan fingerprint density at radius 1 is 1.05 bits per heavy atom. The van der Waals surface area contributed by atoms with Crippen LogP contribution in [0.15, 0.2) is 30.3 Å². The Labute approximate surface area is 129 Å². The van der Waals surface area contributed by atoms with E-state index in [2.05, 4.69) is 59.3 Å². The van der Waals surface area contributed by atoms with Crippen LogP contribution in [0.1, 0.15) is 38.3 Å². The molecular weight excluding hydrogens is 258 g/mol. The number of piperazine rings is 1. The second-order valence-electron chi connectivity index (χ2n) is 6.79. The summed E-state index contributed by atoms with van der Waals surface area (Å²) < 4.78 is 0. The zero-order valence-corrected chi connectivity index (χ0v) is 13.5. The lowest BCUT2D eigenvalue weighted by atomic mass is 10.0. The lowest BCUT2D eigenvalue weighted by Gasteiger charge is -2.40. The molecule has 3 nitrogen and oxygen atoms in total. The fourth-order valence-corrected chi connectivity index (χ4v) is 3.33. The summed E-state index contributed by atoms with van der Waals surface area (Å²) in [6, 6.07) is 13.0. The molecule has 1 unspecified atom stereocenters. The summed E-state index contributed by atoms with van der Waals surface area (Å²) in [6.45, 7) is 10.4. The van der Waals surface area contributed by atoms with Gasteiger partial charge in [-0.15, -0.1) is 0 Å². The first-order valence-electron chi connectivity index (χ1n) is 8.50. The van der Waals surface area contributed by atoms with Crippen LogP contribution in [0.4, 0.5) is 0 Å². The maximum Gasteiger partial charge on any atom is 0.0473 e. The molecular formula is C18H29N3. The molecule has 1 N–H and O–H groups in total. The van der Waals surface area contributed by atoms with Crippen LogP contribution >= 0.6 is 0 Å². The van der Waals surface area contributed by atoms with Gasteiger partial charge in [0.1, 0.15) is 0 Å². The van der Waals surface area contributed by atoms with Crippen LogP contribution < -0.4 is 5.32 Å². The molecule has 3 heteroatoms. The monoisotopic (exact) mass is 287 g/mol. The number of nitrogens with one attached hydrogen (secondary N) is 1. The first-order valence-corrected chi connectivity index (χ1v) is 8.50. The van der Waals surface area contributed by atoms with Crippen molar-refractivity contribution in [3.8, 4) is 0 Å². The molecule has 2 fully saturated rings. The number of rotatable bonds is 6. The second kappa shape index (κ2) is 6.91. The van der Waals surface area contributed by atoms with E-state index in [0.29, 0.717) is 12.1 Å². The molecule has 0 aromatic heterocycles. The van der Waals surface area contributed by atoms with E-state index in [1.807, 2.05) is 0 Å². The minimum Gasteiger partial charge on any atom is -0.313 e. The van der Waals surface area contributed by atoms with Gasteiger partial charge in [0.05, 0.1) is 0 Å². The normalized spacial score (nSPS) is 22.6. The highest BCUT2D eigenvalue weighted by Gasteiger charge is 2.33. The van der Waals surface area contributed by atoms with Gasteiger partial charge in [0.15, 0.2) is 0 Å². The van der Waals surface area contributed by atoms with Crippen molar-refractivity contribution in [3.63, 3.8) is 0 Å². The fourth-order valence-electron chi connectivity index (χ4n) is 3.33. The van der Waals surface area contributed by atoms with Crippen molar-refractivity contribution in [2.75, 3.05) is 32.7 Å². The van der Waals surface area contributed by atoms with Gasteiger partial charge in [-0.2, -0.15) is 0 Å². The van der Waals surface area contributed by atoms with Crippen LogP contribution in [-0.2, 0) is 0 Å². The smallest absolute Gasteiger partial charge is 0.0473 e. The van der Waals surface area contributed by atoms with Gasteiger partial charge in [0, 0.05) is 50.8 Å². The van der Waals surface area contributed by atoms with E-state index in [9.17, 15) is 0 Å². The summed E-state index contributed by atoms with van der Waals surface area (Å²) in [5.74, 6) is 0.